The number of hydrogen-bond donors (Lipinski definition) is 0. The fourth-order valence-electron chi connectivity index (χ4n) is 1.16. The number of ether oxygens (including phenoxy) is 1. The molecule has 0 saturated carbocycles. The topological polar surface area (TPSA) is 9.23 Å². The molecular weight excluding hydrogens is 477 g/mol. The van der Waals surface area contributed by atoms with Crippen molar-refractivity contribution in [1.82, 2.24) is 0 Å². The predicted molar refractivity (Wildman–Crippen MR) is 70.7 cm³/mol. The van der Waals surface area contributed by atoms with Gasteiger partial charge in [-0.15, -0.1) is 0 Å². The maximum absolute atomic E-state index is 13.9. The second-order valence-electron chi connectivity index (χ2n) is 4.14. The summed E-state index contributed by atoms with van der Waals surface area (Å²) in [5.41, 5.74) is 0. The highest BCUT2D eigenvalue weighted by Gasteiger charge is 2.70. The van der Waals surface area contributed by atoms with Crippen LogP contribution in [0.15, 0.2) is 0 Å². The van der Waals surface area contributed by atoms with Crippen LogP contribution in [0, 0.1) is 0 Å². The summed E-state index contributed by atoms with van der Waals surface area (Å²) >= 11 is 29.6. The summed E-state index contributed by atoms with van der Waals surface area (Å²) in [6.45, 7) is 0. The minimum Gasteiger partial charge on any atom is -0.293 e. The van der Waals surface area contributed by atoms with Crippen molar-refractivity contribution >= 4 is 69.6 Å². The van der Waals surface area contributed by atoms with E-state index in [0.29, 0.717) is 0 Å². The van der Waals surface area contributed by atoms with Crippen LogP contribution in [0.2, 0.25) is 0 Å². The zero-order valence-electron chi connectivity index (χ0n) is 10.1. The van der Waals surface area contributed by atoms with Gasteiger partial charge in [-0.1, -0.05) is 69.6 Å². The minimum absolute atomic E-state index is 2.31. The first-order valence-corrected chi connectivity index (χ1v) is 7.24. The molecule has 0 N–H and O–H groups in total. The second-order valence-corrected chi connectivity index (χ2v) is 9.17. The number of hydrogen-bond acceptors (Lipinski definition) is 1. The molecule has 0 saturated heterocycles. The van der Waals surface area contributed by atoms with E-state index in [9.17, 15) is 35.1 Å². The Labute approximate surface area is 154 Å². The van der Waals surface area contributed by atoms with Crippen molar-refractivity contribution < 1.29 is 39.9 Å². The normalized spacial score (nSPS) is 20.1. The number of alkyl halides is 14. The van der Waals surface area contributed by atoms with Gasteiger partial charge in [0.15, 0.2) is 7.59 Å². The average molecular weight is 481 g/mol. The van der Waals surface area contributed by atoms with Crippen molar-refractivity contribution in [3.8, 4) is 0 Å². The molecule has 2 unspecified atom stereocenters. The zero-order valence-corrected chi connectivity index (χ0v) is 14.6. The minimum atomic E-state index is -6.20. The van der Waals surface area contributed by atoms with Crippen LogP contribution in [0.5, 0.6) is 0 Å². The summed E-state index contributed by atoms with van der Waals surface area (Å²) < 4.78 is 101. The number of rotatable bonds is 4. The lowest BCUT2D eigenvalue weighted by molar-refractivity contribution is -0.435. The molecule has 0 aromatic carbocycles. The molecule has 23 heavy (non-hydrogen) atoms. The largest absolute Gasteiger partial charge is 0.448 e. The summed E-state index contributed by atoms with van der Waals surface area (Å²) in [4.78, 5) is 0. The lowest BCUT2D eigenvalue weighted by atomic mass is 10.1. The molecule has 0 heterocycles. The summed E-state index contributed by atoms with van der Waals surface area (Å²) in [7, 11) is 0. The highest BCUT2D eigenvalue weighted by Crippen LogP contribution is 2.53. The lowest BCUT2D eigenvalue weighted by Crippen LogP contribution is -2.57. The zero-order chi connectivity index (χ0) is 19.1. The van der Waals surface area contributed by atoms with Gasteiger partial charge in [0, 0.05) is 0 Å². The molecule has 15 heteroatoms. The van der Waals surface area contributed by atoms with Gasteiger partial charge >= 0.3 is 24.1 Å². The summed E-state index contributed by atoms with van der Waals surface area (Å²) in [6.07, 6.45) is -17.0. The van der Waals surface area contributed by atoms with Gasteiger partial charge in [-0.2, -0.15) is 26.3 Å². The molecule has 0 spiro atoms. The van der Waals surface area contributed by atoms with Crippen LogP contribution in [0.3, 0.4) is 0 Å². The highest BCUT2D eigenvalue weighted by molar-refractivity contribution is 6.68. The van der Waals surface area contributed by atoms with E-state index in [4.69, 9.17) is 69.6 Å². The van der Waals surface area contributed by atoms with E-state index < -0.39 is 44.5 Å². The summed E-state index contributed by atoms with van der Waals surface area (Å²) in [5, 5.41) is 0. The van der Waals surface area contributed by atoms with Crippen LogP contribution in [0.1, 0.15) is 12.8 Å². The second kappa shape index (κ2) is 7.04. The lowest BCUT2D eigenvalue weighted by Gasteiger charge is -2.38. The van der Waals surface area contributed by atoms with Crippen molar-refractivity contribution in [1.29, 1.82) is 0 Å². The summed E-state index contributed by atoms with van der Waals surface area (Å²) in [6, 6.07) is 0. The molecule has 0 radical (unpaired) electrons. The van der Waals surface area contributed by atoms with E-state index in [-0.39, 0.29) is 0 Å². The Balaban J connectivity index is 5.91. The third-order valence-electron chi connectivity index (χ3n) is 2.03. The Hall–Kier alpha value is 1.14. The van der Waals surface area contributed by atoms with Crippen molar-refractivity contribution in [2.45, 2.75) is 44.5 Å². The highest BCUT2D eigenvalue weighted by atomic mass is 35.6. The predicted octanol–water partition coefficient (Wildman–Crippen LogP) is 6.98. The van der Waals surface area contributed by atoms with Gasteiger partial charge in [-0.25, -0.2) is 8.78 Å². The summed E-state index contributed by atoms with van der Waals surface area (Å²) in [5.74, 6) is -10.7. The molecule has 0 aliphatic heterocycles. The van der Waals surface area contributed by atoms with Crippen molar-refractivity contribution in [3.05, 3.63) is 0 Å². The monoisotopic (exact) mass is 478 g/mol. The van der Waals surface area contributed by atoms with Crippen LogP contribution in [0.25, 0.3) is 0 Å². The van der Waals surface area contributed by atoms with Crippen molar-refractivity contribution in [3.63, 3.8) is 0 Å². The molecule has 0 fully saturated rings. The van der Waals surface area contributed by atoms with E-state index in [2.05, 4.69) is 4.74 Å². The van der Waals surface area contributed by atoms with Crippen molar-refractivity contribution in [2.75, 3.05) is 0 Å². The smallest absolute Gasteiger partial charge is 0.293 e. The van der Waals surface area contributed by atoms with Crippen LogP contribution >= 0.6 is 69.6 Å². The first kappa shape index (κ1) is 24.1. The third-order valence-corrected chi connectivity index (χ3v) is 2.83. The first-order chi connectivity index (χ1) is 9.62. The van der Waals surface area contributed by atoms with E-state index in [0.717, 1.165) is 0 Å². The van der Waals surface area contributed by atoms with Crippen molar-refractivity contribution in [2.24, 2.45) is 0 Å². The van der Waals surface area contributed by atoms with Crippen LogP contribution in [0.4, 0.5) is 35.1 Å². The van der Waals surface area contributed by atoms with Crippen LogP contribution in [-0.4, -0.2) is 31.6 Å². The van der Waals surface area contributed by atoms with Crippen LogP contribution < -0.4 is 0 Å². The molecule has 0 aliphatic rings. The molecule has 1 nitrogen and oxygen atoms in total. The van der Waals surface area contributed by atoms with Gasteiger partial charge < -0.3 is 0 Å². The maximum Gasteiger partial charge on any atom is 0.448 e. The standard InChI is InChI=1S/C8H4Cl6F8O/c9-5(10,11)1-3(15,7(17,18)19)23-4(16,8(20,21)22)2-6(12,13)14/h1-2H2. The van der Waals surface area contributed by atoms with E-state index >= 15 is 0 Å². The van der Waals surface area contributed by atoms with Gasteiger partial charge in [0.25, 0.3) is 0 Å². The average Bonchev–Trinajstić information content (AvgIpc) is 2.05. The quantitative estimate of drug-likeness (QED) is 0.311. The maximum atomic E-state index is 13.9. The molecular formula is C8H4Cl6F8O. The molecule has 0 aromatic heterocycles. The molecule has 2 atom stereocenters. The molecule has 0 rings (SSSR count). The van der Waals surface area contributed by atoms with Gasteiger partial charge in [-0.05, 0) is 0 Å². The Morgan fingerprint density at radius 1 is 0.522 bits per heavy atom. The van der Waals surface area contributed by atoms with E-state index in [1.165, 1.54) is 0 Å². The Morgan fingerprint density at radius 2 is 0.739 bits per heavy atom. The first-order valence-electron chi connectivity index (χ1n) is 4.97. The number of halogens is 14. The van der Waals surface area contributed by atoms with E-state index in [1.807, 2.05) is 0 Å². The molecule has 140 valence electrons. The third kappa shape index (κ3) is 7.50. The molecule has 0 bridgehead atoms. The Kier molecular flexibility index (Phi) is 7.39. The fraction of sp³-hybridized carbons (Fsp3) is 1.00. The van der Waals surface area contributed by atoms with Gasteiger partial charge in [0.2, 0.25) is 0 Å². The fourth-order valence-corrected chi connectivity index (χ4v) is 2.19. The molecule has 0 aliphatic carbocycles. The molecule has 0 amide bonds. The van der Waals surface area contributed by atoms with Gasteiger partial charge in [-0.3, -0.25) is 4.74 Å². The van der Waals surface area contributed by atoms with E-state index in [1.54, 1.807) is 0 Å². The Morgan fingerprint density at radius 3 is 0.870 bits per heavy atom. The molecule has 0 aromatic rings. The SMILES string of the molecule is FC(F)(F)C(F)(CC(Cl)(Cl)Cl)OC(F)(CC(Cl)(Cl)Cl)C(F)(F)F. The van der Waals surface area contributed by atoms with Gasteiger partial charge in [0.05, 0.1) is 12.8 Å². The van der Waals surface area contributed by atoms with Crippen LogP contribution in [-0.2, 0) is 4.74 Å². The van der Waals surface area contributed by atoms with Gasteiger partial charge in [0.1, 0.15) is 0 Å². The Bertz CT molecular complexity index is 377.